The van der Waals surface area contributed by atoms with Gasteiger partial charge in [0, 0.05) is 13.1 Å². The predicted octanol–water partition coefficient (Wildman–Crippen LogP) is 0.956. The van der Waals surface area contributed by atoms with E-state index in [-0.39, 0.29) is 18.4 Å². The first-order valence-corrected chi connectivity index (χ1v) is 6.31. The Balaban J connectivity index is 2.49. The molecule has 0 bridgehead atoms. The maximum atomic E-state index is 12.0. The molecule has 1 aromatic rings. The van der Waals surface area contributed by atoms with Crippen LogP contribution in [0.2, 0.25) is 0 Å². The second kappa shape index (κ2) is 7.53. The molecule has 1 rings (SSSR count). The number of hydrogen-bond acceptors (Lipinski definition) is 3. The maximum absolute atomic E-state index is 12.0. The van der Waals surface area contributed by atoms with Crippen molar-refractivity contribution in [1.29, 1.82) is 0 Å². The van der Waals surface area contributed by atoms with Crippen molar-refractivity contribution in [3.05, 3.63) is 35.9 Å². The molecule has 104 valence electrons. The molecule has 0 spiro atoms. The molecular weight excluding hydrogens is 244 g/mol. The third kappa shape index (κ3) is 4.71. The van der Waals surface area contributed by atoms with Crippen LogP contribution in [-0.2, 0) is 9.59 Å². The highest BCUT2D eigenvalue weighted by molar-refractivity contribution is 5.83. The van der Waals surface area contributed by atoms with Gasteiger partial charge in [0.2, 0.25) is 5.91 Å². The zero-order valence-electron chi connectivity index (χ0n) is 11.0. The third-order valence-electron chi connectivity index (χ3n) is 3.05. The number of carbonyl (C=O) groups excluding carboxylic acids is 1. The summed E-state index contributed by atoms with van der Waals surface area (Å²) >= 11 is 0. The van der Waals surface area contributed by atoms with Gasteiger partial charge in [0.15, 0.2) is 0 Å². The van der Waals surface area contributed by atoms with Gasteiger partial charge in [-0.05, 0) is 12.0 Å². The van der Waals surface area contributed by atoms with Crippen LogP contribution >= 0.6 is 0 Å². The maximum Gasteiger partial charge on any atom is 0.306 e. The van der Waals surface area contributed by atoms with Crippen molar-refractivity contribution in [2.75, 3.05) is 13.1 Å². The van der Waals surface area contributed by atoms with Gasteiger partial charge in [-0.2, -0.15) is 0 Å². The summed E-state index contributed by atoms with van der Waals surface area (Å²) in [7, 11) is 0. The fourth-order valence-electron chi connectivity index (χ4n) is 1.74. The predicted molar refractivity (Wildman–Crippen MR) is 72.7 cm³/mol. The van der Waals surface area contributed by atoms with E-state index in [1.165, 1.54) is 0 Å². The minimum atomic E-state index is -0.854. The fraction of sp³-hybridized carbons (Fsp3) is 0.429. The molecule has 1 amide bonds. The highest BCUT2D eigenvalue weighted by atomic mass is 16.4. The average Bonchev–Trinajstić information content (AvgIpc) is 2.40. The van der Waals surface area contributed by atoms with E-state index in [0.717, 1.165) is 5.56 Å². The van der Waals surface area contributed by atoms with Crippen LogP contribution in [-0.4, -0.2) is 30.1 Å². The largest absolute Gasteiger partial charge is 0.481 e. The van der Waals surface area contributed by atoms with E-state index in [4.69, 9.17) is 10.8 Å². The minimum Gasteiger partial charge on any atom is -0.481 e. The SMILES string of the molecule is CC(CCNC(=O)C(CN)c1ccccc1)C(=O)O. The Bertz CT molecular complexity index is 420. The molecule has 0 aromatic heterocycles. The molecule has 2 atom stereocenters. The quantitative estimate of drug-likeness (QED) is 0.683. The molecular formula is C14H20N2O3. The molecule has 19 heavy (non-hydrogen) atoms. The van der Waals surface area contributed by atoms with E-state index in [1.54, 1.807) is 6.92 Å². The highest BCUT2D eigenvalue weighted by Crippen LogP contribution is 2.14. The normalized spacial score (nSPS) is 13.6. The van der Waals surface area contributed by atoms with Gasteiger partial charge < -0.3 is 16.2 Å². The lowest BCUT2D eigenvalue weighted by Crippen LogP contribution is -2.34. The first-order valence-electron chi connectivity index (χ1n) is 6.31. The molecule has 0 aliphatic rings. The number of carbonyl (C=O) groups is 2. The summed E-state index contributed by atoms with van der Waals surface area (Å²) in [5.41, 5.74) is 6.50. The number of rotatable bonds is 7. The first-order chi connectivity index (χ1) is 9.06. The number of nitrogens with one attached hydrogen (secondary N) is 1. The van der Waals surface area contributed by atoms with E-state index in [0.29, 0.717) is 13.0 Å². The molecule has 1 aromatic carbocycles. The molecule has 5 heteroatoms. The number of carboxylic acid groups (broad SMARTS) is 1. The topological polar surface area (TPSA) is 92.4 Å². The summed E-state index contributed by atoms with van der Waals surface area (Å²) in [6.45, 7) is 2.19. The van der Waals surface area contributed by atoms with Gasteiger partial charge in [0.05, 0.1) is 11.8 Å². The fourth-order valence-corrected chi connectivity index (χ4v) is 1.74. The zero-order valence-corrected chi connectivity index (χ0v) is 11.0. The van der Waals surface area contributed by atoms with Crippen LogP contribution in [0.5, 0.6) is 0 Å². The molecule has 0 heterocycles. The second-order valence-electron chi connectivity index (χ2n) is 4.52. The van der Waals surface area contributed by atoms with Crippen LogP contribution in [0.4, 0.5) is 0 Å². The van der Waals surface area contributed by atoms with Gasteiger partial charge in [-0.15, -0.1) is 0 Å². The zero-order chi connectivity index (χ0) is 14.3. The number of aliphatic carboxylic acids is 1. The molecule has 0 radical (unpaired) electrons. The number of carboxylic acids is 1. The Morgan fingerprint density at radius 3 is 2.47 bits per heavy atom. The van der Waals surface area contributed by atoms with Crippen molar-refractivity contribution in [1.82, 2.24) is 5.32 Å². The summed E-state index contributed by atoms with van der Waals surface area (Å²) in [4.78, 5) is 22.6. The van der Waals surface area contributed by atoms with Crippen LogP contribution < -0.4 is 11.1 Å². The van der Waals surface area contributed by atoms with E-state index in [9.17, 15) is 9.59 Å². The molecule has 0 fully saturated rings. The van der Waals surface area contributed by atoms with E-state index < -0.39 is 11.9 Å². The molecule has 4 N–H and O–H groups in total. The van der Waals surface area contributed by atoms with Crippen LogP contribution in [0.25, 0.3) is 0 Å². The summed E-state index contributed by atoms with van der Waals surface area (Å²) < 4.78 is 0. The van der Waals surface area contributed by atoms with Gasteiger partial charge >= 0.3 is 5.97 Å². The monoisotopic (exact) mass is 264 g/mol. The number of hydrogen-bond donors (Lipinski definition) is 3. The van der Waals surface area contributed by atoms with Gasteiger partial charge in [-0.1, -0.05) is 37.3 Å². The van der Waals surface area contributed by atoms with Gasteiger partial charge in [0.25, 0.3) is 0 Å². The standard InChI is InChI=1S/C14H20N2O3/c1-10(14(18)19)7-8-16-13(17)12(9-15)11-5-3-2-4-6-11/h2-6,10,12H,7-9,15H2,1H3,(H,16,17)(H,18,19). The van der Waals surface area contributed by atoms with Crippen molar-refractivity contribution < 1.29 is 14.7 Å². The molecule has 0 saturated carbocycles. The lowest BCUT2D eigenvalue weighted by atomic mass is 9.98. The summed E-state index contributed by atoms with van der Waals surface area (Å²) in [5.74, 6) is -1.87. The first kappa shape index (κ1) is 15.2. The van der Waals surface area contributed by atoms with Crippen molar-refractivity contribution in [3.63, 3.8) is 0 Å². The van der Waals surface area contributed by atoms with Gasteiger partial charge in [-0.3, -0.25) is 9.59 Å². The number of amides is 1. The Morgan fingerprint density at radius 2 is 1.95 bits per heavy atom. The summed E-state index contributed by atoms with van der Waals surface area (Å²) in [6.07, 6.45) is 0.410. The third-order valence-corrected chi connectivity index (χ3v) is 3.05. The van der Waals surface area contributed by atoms with Crippen molar-refractivity contribution in [2.24, 2.45) is 11.7 Å². The Kier molecular flexibility index (Phi) is 6.02. The van der Waals surface area contributed by atoms with Crippen molar-refractivity contribution >= 4 is 11.9 Å². The Hall–Kier alpha value is -1.88. The molecule has 0 aliphatic carbocycles. The second-order valence-corrected chi connectivity index (χ2v) is 4.52. The van der Waals surface area contributed by atoms with Gasteiger partial charge in [-0.25, -0.2) is 0 Å². The lowest BCUT2D eigenvalue weighted by Gasteiger charge is -2.15. The lowest BCUT2D eigenvalue weighted by molar-refractivity contribution is -0.141. The van der Waals surface area contributed by atoms with Crippen LogP contribution in [0.15, 0.2) is 30.3 Å². The minimum absolute atomic E-state index is 0.161. The highest BCUT2D eigenvalue weighted by Gasteiger charge is 2.19. The Labute approximate surface area is 112 Å². The number of benzene rings is 1. The molecule has 5 nitrogen and oxygen atoms in total. The molecule has 0 aliphatic heterocycles. The van der Waals surface area contributed by atoms with Crippen LogP contribution in [0.3, 0.4) is 0 Å². The average molecular weight is 264 g/mol. The summed E-state index contributed by atoms with van der Waals surface area (Å²) in [6, 6.07) is 9.31. The van der Waals surface area contributed by atoms with E-state index >= 15 is 0 Å². The smallest absolute Gasteiger partial charge is 0.306 e. The van der Waals surface area contributed by atoms with Crippen molar-refractivity contribution in [2.45, 2.75) is 19.3 Å². The van der Waals surface area contributed by atoms with Gasteiger partial charge in [0.1, 0.15) is 0 Å². The van der Waals surface area contributed by atoms with E-state index in [1.807, 2.05) is 30.3 Å². The Morgan fingerprint density at radius 1 is 1.32 bits per heavy atom. The van der Waals surface area contributed by atoms with Crippen LogP contribution in [0, 0.1) is 5.92 Å². The molecule has 2 unspecified atom stereocenters. The van der Waals surface area contributed by atoms with E-state index in [2.05, 4.69) is 5.32 Å². The number of nitrogens with two attached hydrogens (primary N) is 1. The van der Waals surface area contributed by atoms with Crippen LogP contribution in [0.1, 0.15) is 24.8 Å². The van der Waals surface area contributed by atoms with Crippen molar-refractivity contribution in [3.8, 4) is 0 Å². The molecule has 0 saturated heterocycles. The summed E-state index contributed by atoms with van der Waals surface area (Å²) in [5, 5.41) is 11.5.